The van der Waals surface area contributed by atoms with Crippen molar-refractivity contribution in [2.24, 2.45) is 0 Å². The van der Waals surface area contributed by atoms with Crippen LogP contribution in [0.4, 0.5) is 5.69 Å². The lowest BCUT2D eigenvalue weighted by atomic mass is 10.1. The molecule has 2 rings (SSSR count). The number of anilines is 1. The van der Waals surface area contributed by atoms with Gasteiger partial charge in [-0.1, -0.05) is 34.1 Å². The maximum absolute atomic E-state index is 5.76. The summed E-state index contributed by atoms with van der Waals surface area (Å²) in [5.41, 5.74) is 10.5. The Morgan fingerprint density at radius 3 is 2.79 bits per heavy atom. The van der Waals surface area contributed by atoms with Crippen molar-refractivity contribution in [2.75, 3.05) is 12.3 Å². The lowest BCUT2D eigenvalue weighted by Crippen LogP contribution is -2.17. The molecule has 0 bridgehead atoms. The Kier molecular flexibility index (Phi) is 5.00. The minimum atomic E-state index is 0.821. The van der Waals surface area contributed by atoms with E-state index in [4.69, 9.17) is 5.73 Å². The van der Waals surface area contributed by atoms with Gasteiger partial charge in [0.05, 0.1) is 0 Å². The normalized spacial score (nSPS) is 10.6. The van der Waals surface area contributed by atoms with Crippen LogP contribution in [0.2, 0.25) is 0 Å². The molecule has 2 nitrogen and oxygen atoms in total. The van der Waals surface area contributed by atoms with Gasteiger partial charge in [0.15, 0.2) is 0 Å². The number of nitrogens with two attached hydrogens (primary N) is 1. The zero-order chi connectivity index (χ0) is 13.7. The summed E-state index contributed by atoms with van der Waals surface area (Å²) in [5.74, 6) is 0. The van der Waals surface area contributed by atoms with Crippen molar-refractivity contribution in [2.45, 2.75) is 19.9 Å². The van der Waals surface area contributed by atoms with Gasteiger partial charge in [-0.2, -0.15) is 0 Å². The average Bonchev–Trinajstić information content (AvgIpc) is 2.39. The molecule has 0 aromatic heterocycles. The highest BCUT2D eigenvalue weighted by atomic mass is 79.9. The van der Waals surface area contributed by atoms with Crippen molar-refractivity contribution < 1.29 is 0 Å². The largest absolute Gasteiger partial charge is 0.399 e. The molecule has 0 unspecified atom stereocenters. The molecule has 0 heterocycles. The fourth-order valence-electron chi connectivity index (χ4n) is 2.07. The number of nitrogen functional groups attached to an aromatic ring is 1. The Morgan fingerprint density at radius 2 is 2.00 bits per heavy atom. The van der Waals surface area contributed by atoms with Gasteiger partial charge in [-0.05, 0) is 60.8 Å². The van der Waals surface area contributed by atoms with Crippen LogP contribution in [0.25, 0.3) is 0 Å². The number of benzene rings is 2. The van der Waals surface area contributed by atoms with Crippen LogP contribution in [-0.2, 0) is 13.0 Å². The van der Waals surface area contributed by atoms with E-state index in [1.165, 1.54) is 16.7 Å². The molecule has 3 heteroatoms. The molecule has 100 valence electrons. The van der Waals surface area contributed by atoms with Crippen molar-refractivity contribution in [1.29, 1.82) is 0 Å². The summed E-state index contributed by atoms with van der Waals surface area (Å²) < 4.78 is 1.14. The number of halogens is 1. The fourth-order valence-corrected chi connectivity index (χ4v) is 2.48. The fraction of sp³-hybridized carbons (Fsp3) is 0.250. The first-order valence-corrected chi connectivity index (χ1v) is 7.24. The Hall–Kier alpha value is -1.32. The molecule has 0 aliphatic heterocycles. The highest BCUT2D eigenvalue weighted by Gasteiger charge is 1.99. The van der Waals surface area contributed by atoms with Gasteiger partial charge in [0.1, 0.15) is 0 Å². The molecule has 19 heavy (non-hydrogen) atoms. The van der Waals surface area contributed by atoms with E-state index in [-0.39, 0.29) is 0 Å². The molecule has 0 saturated heterocycles. The first-order valence-electron chi connectivity index (χ1n) is 6.45. The standard InChI is InChI=1S/C16H19BrN2/c1-12-5-6-15(17)10-14(12)7-8-19-11-13-3-2-4-16(18)9-13/h2-6,9-10,19H,7-8,11,18H2,1H3. The van der Waals surface area contributed by atoms with Crippen molar-refractivity contribution in [3.8, 4) is 0 Å². The van der Waals surface area contributed by atoms with Gasteiger partial charge in [-0.3, -0.25) is 0 Å². The van der Waals surface area contributed by atoms with E-state index in [9.17, 15) is 0 Å². The van der Waals surface area contributed by atoms with Crippen LogP contribution in [0, 0.1) is 6.92 Å². The smallest absolute Gasteiger partial charge is 0.0317 e. The Morgan fingerprint density at radius 1 is 1.16 bits per heavy atom. The van der Waals surface area contributed by atoms with Crippen LogP contribution in [0.3, 0.4) is 0 Å². The zero-order valence-electron chi connectivity index (χ0n) is 11.1. The van der Waals surface area contributed by atoms with Crippen LogP contribution >= 0.6 is 15.9 Å². The van der Waals surface area contributed by atoms with Crippen molar-refractivity contribution >= 4 is 21.6 Å². The lowest BCUT2D eigenvalue weighted by Gasteiger charge is -2.08. The molecule has 2 aromatic rings. The van der Waals surface area contributed by atoms with E-state index in [0.29, 0.717) is 0 Å². The van der Waals surface area contributed by atoms with E-state index in [2.05, 4.69) is 52.4 Å². The zero-order valence-corrected chi connectivity index (χ0v) is 12.7. The van der Waals surface area contributed by atoms with E-state index in [0.717, 1.165) is 29.7 Å². The SMILES string of the molecule is Cc1ccc(Br)cc1CCNCc1cccc(N)c1. The minimum absolute atomic E-state index is 0.821. The number of hydrogen-bond acceptors (Lipinski definition) is 2. The third-order valence-electron chi connectivity index (χ3n) is 3.16. The minimum Gasteiger partial charge on any atom is -0.399 e. The molecule has 0 fully saturated rings. The third-order valence-corrected chi connectivity index (χ3v) is 3.66. The number of rotatable bonds is 5. The average molecular weight is 319 g/mol. The Labute approximate surface area is 123 Å². The molecule has 2 aromatic carbocycles. The molecule has 0 radical (unpaired) electrons. The number of nitrogens with one attached hydrogen (secondary N) is 1. The van der Waals surface area contributed by atoms with Crippen LogP contribution in [0.1, 0.15) is 16.7 Å². The molecule has 0 aliphatic carbocycles. The Balaban J connectivity index is 1.82. The summed E-state index contributed by atoms with van der Waals surface area (Å²) in [6.07, 6.45) is 1.04. The van der Waals surface area contributed by atoms with Crippen LogP contribution in [0.15, 0.2) is 46.9 Å². The molecule has 0 saturated carbocycles. The maximum Gasteiger partial charge on any atom is 0.0317 e. The topological polar surface area (TPSA) is 38.0 Å². The van der Waals surface area contributed by atoms with Gasteiger partial charge in [0.2, 0.25) is 0 Å². The molecular weight excluding hydrogens is 300 g/mol. The maximum atomic E-state index is 5.76. The predicted molar refractivity (Wildman–Crippen MR) is 85.1 cm³/mol. The third kappa shape index (κ3) is 4.37. The molecule has 0 aliphatic rings. The first kappa shape index (κ1) is 14.1. The first-order chi connectivity index (χ1) is 9.15. The van der Waals surface area contributed by atoms with Crippen LogP contribution < -0.4 is 11.1 Å². The van der Waals surface area contributed by atoms with Crippen molar-refractivity contribution in [1.82, 2.24) is 5.32 Å². The van der Waals surface area contributed by atoms with E-state index >= 15 is 0 Å². The predicted octanol–water partition coefficient (Wildman–Crippen LogP) is 3.67. The molecule has 0 atom stereocenters. The summed E-state index contributed by atoms with van der Waals surface area (Å²) in [7, 11) is 0. The summed E-state index contributed by atoms with van der Waals surface area (Å²) in [5, 5.41) is 3.45. The number of hydrogen-bond donors (Lipinski definition) is 2. The highest BCUT2D eigenvalue weighted by molar-refractivity contribution is 9.10. The summed E-state index contributed by atoms with van der Waals surface area (Å²) >= 11 is 3.52. The van der Waals surface area contributed by atoms with Crippen LogP contribution in [-0.4, -0.2) is 6.54 Å². The highest BCUT2D eigenvalue weighted by Crippen LogP contribution is 2.16. The quantitative estimate of drug-likeness (QED) is 0.652. The van der Waals surface area contributed by atoms with Crippen molar-refractivity contribution in [3.63, 3.8) is 0 Å². The second-order valence-corrected chi connectivity index (χ2v) is 5.66. The number of aryl methyl sites for hydroxylation is 1. The van der Waals surface area contributed by atoms with Gasteiger partial charge in [0, 0.05) is 16.7 Å². The molecule has 3 N–H and O–H groups in total. The summed E-state index contributed by atoms with van der Waals surface area (Å²) in [6, 6.07) is 14.4. The summed E-state index contributed by atoms with van der Waals surface area (Å²) in [4.78, 5) is 0. The van der Waals surface area contributed by atoms with Crippen molar-refractivity contribution in [3.05, 3.63) is 63.6 Å². The Bertz CT molecular complexity index is 552. The van der Waals surface area contributed by atoms with E-state index in [1.807, 2.05) is 18.2 Å². The van der Waals surface area contributed by atoms with Gasteiger partial charge < -0.3 is 11.1 Å². The molecule has 0 amide bonds. The van der Waals surface area contributed by atoms with Gasteiger partial charge >= 0.3 is 0 Å². The molecule has 0 spiro atoms. The second kappa shape index (κ2) is 6.73. The van der Waals surface area contributed by atoms with Gasteiger partial charge in [-0.25, -0.2) is 0 Å². The van der Waals surface area contributed by atoms with Gasteiger partial charge in [-0.15, -0.1) is 0 Å². The van der Waals surface area contributed by atoms with Gasteiger partial charge in [0.25, 0.3) is 0 Å². The van der Waals surface area contributed by atoms with E-state index < -0.39 is 0 Å². The monoisotopic (exact) mass is 318 g/mol. The summed E-state index contributed by atoms with van der Waals surface area (Å²) in [6.45, 7) is 3.98. The second-order valence-electron chi connectivity index (χ2n) is 4.74. The van der Waals surface area contributed by atoms with E-state index in [1.54, 1.807) is 0 Å². The van der Waals surface area contributed by atoms with Crippen LogP contribution in [0.5, 0.6) is 0 Å². The lowest BCUT2D eigenvalue weighted by molar-refractivity contribution is 0.685. The molecular formula is C16H19BrN2.